The first kappa shape index (κ1) is 18.8. The molecule has 26 heavy (non-hydrogen) atoms. The minimum absolute atomic E-state index is 0.171. The van der Waals surface area contributed by atoms with Crippen molar-refractivity contribution in [1.82, 2.24) is 9.80 Å². The monoisotopic (exact) mass is 380 g/mol. The second-order valence-electron chi connectivity index (χ2n) is 7.36. The van der Waals surface area contributed by atoms with E-state index < -0.39 is 21.2 Å². The Bertz CT molecular complexity index is 820. The molecule has 2 heterocycles. The highest BCUT2D eigenvalue weighted by Gasteiger charge is 2.52. The number of rotatable bonds is 3. The van der Waals surface area contributed by atoms with Gasteiger partial charge < -0.3 is 14.9 Å². The smallest absolute Gasteiger partial charge is 0.311 e. The second-order valence-corrected chi connectivity index (χ2v) is 9.37. The Morgan fingerprint density at radius 2 is 1.81 bits per heavy atom. The molecule has 3 rings (SSSR count). The molecule has 2 atom stereocenters. The number of amides is 1. The van der Waals surface area contributed by atoms with Crippen LogP contribution in [0.5, 0.6) is 0 Å². The SMILES string of the molecule is CN1CCC[C@]2(C(=O)O)CCN(C(=O)c3ccc(S(C)(=O)=O)cc3)C[C@@H]12. The van der Waals surface area contributed by atoms with Crippen molar-refractivity contribution in [3.05, 3.63) is 29.8 Å². The Kier molecular flexibility index (Phi) is 4.83. The van der Waals surface area contributed by atoms with Crippen LogP contribution in [0, 0.1) is 5.41 Å². The highest BCUT2D eigenvalue weighted by molar-refractivity contribution is 7.90. The lowest BCUT2D eigenvalue weighted by atomic mass is 9.68. The number of hydrogen-bond donors (Lipinski definition) is 1. The Morgan fingerprint density at radius 1 is 1.15 bits per heavy atom. The summed E-state index contributed by atoms with van der Waals surface area (Å²) in [4.78, 5) is 28.7. The van der Waals surface area contributed by atoms with Gasteiger partial charge in [0.2, 0.25) is 0 Å². The molecule has 1 aromatic rings. The van der Waals surface area contributed by atoms with Gasteiger partial charge in [-0.2, -0.15) is 0 Å². The van der Waals surface area contributed by atoms with Gasteiger partial charge in [0.1, 0.15) is 0 Å². The molecule has 0 spiro atoms. The molecule has 2 saturated heterocycles. The van der Waals surface area contributed by atoms with E-state index in [4.69, 9.17) is 0 Å². The van der Waals surface area contributed by atoms with Gasteiger partial charge >= 0.3 is 5.97 Å². The van der Waals surface area contributed by atoms with Crippen molar-refractivity contribution in [1.29, 1.82) is 0 Å². The topological polar surface area (TPSA) is 95.0 Å². The molecule has 0 saturated carbocycles. The zero-order valence-electron chi connectivity index (χ0n) is 15.0. The number of likely N-dealkylation sites (tertiary alicyclic amines) is 2. The molecule has 1 aromatic carbocycles. The van der Waals surface area contributed by atoms with Crippen LogP contribution >= 0.6 is 0 Å². The number of piperidine rings is 2. The Hall–Kier alpha value is -1.93. The minimum atomic E-state index is -3.31. The molecule has 142 valence electrons. The van der Waals surface area contributed by atoms with Crippen LogP contribution in [0.1, 0.15) is 29.6 Å². The summed E-state index contributed by atoms with van der Waals surface area (Å²) >= 11 is 0. The zero-order valence-corrected chi connectivity index (χ0v) is 15.8. The largest absolute Gasteiger partial charge is 0.481 e. The van der Waals surface area contributed by atoms with Gasteiger partial charge in [0, 0.05) is 31.0 Å². The lowest BCUT2D eigenvalue weighted by Gasteiger charge is -2.51. The first-order valence-electron chi connectivity index (χ1n) is 8.68. The van der Waals surface area contributed by atoms with Gasteiger partial charge in [-0.3, -0.25) is 9.59 Å². The van der Waals surface area contributed by atoms with Gasteiger partial charge in [0.05, 0.1) is 10.3 Å². The van der Waals surface area contributed by atoms with Crippen molar-refractivity contribution in [2.45, 2.75) is 30.2 Å². The van der Waals surface area contributed by atoms with Gasteiger partial charge in [-0.25, -0.2) is 8.42 Å². The maximum Gasteiger partial charge on any atom is 0.311 e. The van der Waals surface area contributed by atoms with Crippen LogP contribution < -0.4 is 0 Å². The molecule has 0 bridgehead atoms. The molecule has 2 aliphatic rings. The number of likely N-dealkylation sites (N-methyl/N-ethyl adjacent to an activating group) is 1. The van der Waals surface area contributed by atoms with E-state index in [1.165, 1.54) is 24.3 Å². The summed E-state index contributed by atoms with van der Waals surface area (Å²) in [5, 5.41) is 9.80. The fraction of sp³-hybridized carbons (Fsp3) is 0.556. The predicted octanol–water partition coefficient (Wildman–Crippen LogP) is 1.10. The predicted molar refractivity (Wildman–Crippen MR) is 95.8 cm³/mol. The molecule has 7 nitrogen and oxygen atoms in total. The molecular formula is C18H24N2O5S. The summed E-state index contributed by atoms with van der Waals surface area (Å²) in [5.41, 5.74) is -0.372. The molecular weight excluding hydrogens is 356 g/mol. The van der Waals surface area contributed by atoms with Crippen LogP contribution in [0.2, 0.25) is 0 Å². The first-order valence-corrected chi connectivity index (χ1v) is 10.6. The van der Waals surface area contributed by atoms with E-state index in [2.05, 4.69) is 0 Å². The van der Waals surface area contributed by atoms with Crippen LogP contribution in [0.15, 0.2) is 29.2 Å². The average molecular weight is 380 g/mol. The van der Waals surface area contributed by atoms with E-state index in [0.717, 1.165) is 19.2 Å². The standard InChI is InChI=1S/C18H24N2O5S/c1-19-10-3-8-18(17(22)23)9-11-20(12-15(18)19)16(21)13-4-6-14(7-5-13)26(2,24)25/h4-7,15H,3,8-12H2,1-2H3,(H,22,23)/t15-,18+/m1/s1. The van der Waals surface area contributed by atoms with Crippen molar-refractivity contribution in [2.75, 3.05) is 32.9 Å². The fourth-order valence-corrected chi connectivity index (χ4v) is 4.83. The average Bonchev–Trinajstić information content (AvgIpc) is 2.60. The molecule has 2 fully saturated rings. The van der Waals surface area contributed by atoms with E-state index in [9.17, 15) is 23.1 Å². The molecule has 2 aliphatic heterocycles. The highest BCUT2D eigenvalue weighted by Crippen LogP contribution is 2.42. The number of benzene rings is 1. The number of sulfone groups is 1. The molecule has 8 heteroatoms. The molecule has 0 aliphatic carbocycles. The third kappa shape index (κ3) is 3.23. The summed E-state index contributed by atoms with van der Waals surface area (Å²) in [7, 11) is -1.39. The lowest BCUT2D eigenvalue weighted by molar-refractivity contribution is -0.161. The number of fused-ring (bicyclic) bond motifs is 1. The summed E-state index contributed by atoms with van der Waals surface area (Å²) in [5.74, 6) is -0.971. The Labute approximate surface area is 153 Å². The van der Waals surface area contributed by atoms with E-state index in [1.54, 1.807) is 4.90 Å². The number of aliphatic carboxylic acids is 1. The number of nitrogens with zero attached hydrogens (tertiary/aromatic N) is 2. The van der Waals surface area contributed by atoms with Gasteiger partial charge in [0.15, 0.2) is 9.84 Å². The van der Waals surface area contributed by atoms with E-state index >= 15 is 0 Å². The third-order valence-corrected chi connectivity index (χ3v) is 6.90. The van der Waals surface area contributed by atoms with Gasteiger partial charge in [0.25, 0.3) is 5.91 Å². The third-order valence-electron chi connectivity index (χ3n) is 5.77. The second kappa shape index (κ2) is 6.66. The first-order chi connectivity index (χ1) is 12.1. The zero-order chi connectivity index (χ0) is 19.1. The summed E-state index contributed by atoms with van der Waals surface area (Å²) in [6.45, 7) is 1.59. The number of carbonyl (C=O) groups is 2. The van der Waals surface area contributed by atoms with Gasteiger partial charge in [-0.05, 0) is 57.1 Å². The van der Waals surface area contributed by atoms with Crippen LogP contribution in [0.3, 0.4) is 0 Å². The maximum atomic E-state index is 12.8. The highest BCUT2D eigenvalue weighted by atomic mass is 32.2. The molecule has 0 unspecified atom stereocenters. The van der Waals surface area contributed by atoms with Crippen LogP contribution in [-0.4, -0.2) is 74.2 Å². The fourth-order valence-electron chi connectivity index (χ4n) is 4.20. The van der Waals surface area contributed by atoms with Gasteiger partial charge in [-0.15, -0.1) is 0 Å². The molecule has 0 aromatic heterocycles. The Balaban J connectivity index is 1.81. The summed E-state index contributed by atoms with van der Waals surface area (Å²) in [6.07, 6.45) is 3.05. The van der Waals surface area contributed by atoms with Crippen LogP contribution in [0.25, 0.3) is 0 Å². The number of hydrogen-bond acceptors (Lipinski definition) is 5. The van der Waals surface area contributed by atoms with Crippen molar-refractivity contribution in [2.24, 2.45) is 5.41 Å². The van der Waals surface area contributed by atoms with Crippen LogP contribution in [0.4, 0.5) is 0 Å². The van der Waals surface area contributed by atoms with E-state index in [0.29, 0.717) is 31.5 Å². The molecule has 1 amide bonds. The Morgan fingerprint density at radius 3 is 2.38 bits per heavy atom. The van der Waals surface area contributed by atoms with Crippen LogP contribution in [-0.2, 0) is 14.6 Å². The van der Waals surface area contributed by atoms with Crippen molar-refractivity contribution >= 4 is 21.7 Å². The normalized spacial score (nSPS) is 27.0. The summed E-state index contributed by atoms with van der Waals surface area (Å²) in [6, 6.07) is 5.69. The van der Waals surface area contributed by atoms with E-state index in [1.807, 2.05) is 11.9 Å². The minimum Gasteiger partial charge on any atom is -0.481 e. The summed E-state index contributed by atoms with van der Waals surface area (Å²) < 4.78 is 23.1. The van der Waals surface area contributed by atoms with E-state index in [-0.39, 0.29) is 16.8 Å². The molecule has 1 N–H and O–H groups in total. The van der Waals surface area contributed by atoms with Crippen molar-refractivity contribution in [3.8, 4) is 0 Å². The molecule has 0 radical (unpaired) electrons. The van der Waals surface area contributed by atoms with Gasteiger partial charge in [-0.1, -0.05) is 0 Å². The lowest BCUT2D eigenvalue weighted by Crippen LogP contribution is -2.63. The quantitative estimate of drug-likeness (QED) is 0.844. The van der Waals surface area contributed by atoms with Crippen molar-refractivity contribution in [3.63, 3.8) is 0 Å². The number of carbonyl (C=O) groups excluding carboxylic acids is 1. The van der Waals surface area contributed by atoms with Crippen molar-refractivity contribution < 1.29 is 23.1 Å². The number of carboxylic acids is 1. The maximum absolute atomic E-state index is 12.8. The number of carboxylic acid groups (broad SMARTS) is 1.